The van der Waals surface area contributed by atoms with Crippen LogP contribution in [-0.4, -0.2) is 36.2 Å². The maximum absolute atomic E-state index is 10.9. The summed E-state index contributed by atoms with van der Waals surface area (Å²) in [5, 5.41) is 11.2. The minimum atomic E-state index is -1.12. The number of aliphatic carboxylic acids is 1. The fraction of sp³-hybridized carbons (Fsp3) is 0.750. The lowest BCUT2D eigenvalue weighted by atomic mass is 10.3. The number of amides is 1. The third-order valence-electron chi connectivity index (χ3n) is 1.29. The third kappa shape index (κ3) is 8.95. The van der Waals surface area contributed by atoms with E-state index in [1.165, 1.54) is 0 Å². The second-order valence-corrected chi connectivity index (χ2v) is 3.07. The molecule has 0 saturated heterocycles. The van der Waals surface area contributed by atoms with Crippen molar-refractivity contribution in [2.75, 3.05) is 13.2 Å². The molecule has 14 heavy (non-hydrogen) atoms. The van der Waals surface area contributed by atoms with E-state index in [9.17, 15) is 9.59 Å². The fourth-order valence-corrected chi connectivity index (χ4v) is 0.704. The summed E-state index contributed by atoms with van der Waals surface area (Å²) in [5.41, 5.74) is 2.03. The summed E-state index contributed by atoms with van der Waals surface area (Å²) in [5.74, 6) is -1.45. The maximum atomic E-state index is 10.9. The summed E-state index contributed by atoms with van der Waals surface area (Å²) in [4.78, 5) is 25.3. The van der Waals surface area contributed by atoms with Gasteiger partial charge in [0, 0.05) is 19.0 Å². The van der Waals surface area contributed by atoms with Crippen LogP contribution >= 0.6 is 0 Å². The maximum Gasteiger partial charge on any atom is 0.332 e. The fourth-order valence-electron chi connectivity index (χ4n) is 0.704. The standard InChI is InChI=1S/C8H16N2O4/c1-6(2)9-4-3-7(11)10-14-5-8(12)13/h6,9H,3-5H2,1-2H3,(H,10,11)(H,12,13). The van der Waals surface area contributed by atoms with Gasteiger partial charge in [0.15, 0.2) is 6.61 Å². The molecule has 0 heterocycles. The van der Waals surface area contributed by atoms with E-state index in [2.05, 4.69) is 10.2 Å². The number of carbonyl (C=O) groups excluding carboxylic acids is 1. The molecule has 0 aliphatic heterocycles. The van der Waals surface area contributed by atoms with Crippen molar-refractivity contribution in [2.24, 2.45) is 0 Å². The van der Waals surface area contributed by atoms with Crippen molar-refractivity contribution in [1.29, 1.82) is 0 Å². The molecule has 0 atom stereocenters. The van der Waals surface area contributed by atoms with E-state index in [0.717, 1.165) is 0 Å². The van der Waals surface area contributed by atoms with Crippen LogP contribution in [0.3, 0.4) is 0 Å². The van der Waals surface area contributed by atoms with E-state index >= 15 is 0 Å². The van der Waals surface area contributed by atoms with Crippen molar-refractivity contribution in [3.05, 3.63) is 0 Å². The second-order valence-electron chi connectivity index (χ2n) is 3.07. The van der Waals surface area contributed by atoms with Crippen LogP contribution < -0.4 is 10.8 Å². The Hall–Kier alpha value is -1.14. The highest BCUT2D eigenvalue weighted by Gasteiger charge is 2.02. The molecule has 3 N–H and O–H groups in total. The summed E-state index contributed by atoms with van der Waals surface area (Å²) < 4.78 is 0. The van der Waals surface area contributed by atoms with E-state index in [1.807, 2.05) is 19.3 Å². The van der Waals surface area contributed by atoms with Crippen molar-refractivity contribution in [3.8, 4) is 0 Å². The van der Waals surface area contributed by atoms with Crippen LogP contribution in [0.25, 0.3) is 0 Å². The molecule has 0 spiro atoms. The van der Waals surface area contributed by atoms with Gasteiger partial charge in [0.05, 0.1) is 0 Å². The molecule has 0 rings (SSSR count). The largest absolute Gasteiger partial charge is 0.479 e. The van der Waals surface area contributed by atoms with Gasteiger partial charge in [0.2, 0.25) is 5.91 Å². The van der Waals surface area contributed by atoms with Crippen molar-refractivity contribution in [2.45, 2.75) is 26.3 Å². The first-order valence-electron chi connectivity index (χ1n) is 4.38. The molecule has 82 valence electrons. The summed E-state index contributed by atoms with van der Waals surface area (Å²) in [7, 11) is 0. The van der Waals surface area contributed by atoms with Crippen molar-refractivity contribution < 1.29 is 19.5 Å². The van der Waals surface area contributed by atoms with E-state index in [4.69, 9.17) is 5.11 Å². The van der Waals surface area contributed by atoms with Crippen molar-refractivity contribution in [1.82, 2.24) is 10.8 Å². The molecule has 0 aliphatic carbocycles. The van der Waals surface area contributed by atoms with Crippen LogP contribution in [0.2, 0.25) is 0 Å². The summed E-state index contributed by atoms with van der Waals surface area (Å²) in [6, 6.07) is 0.322. The first-order valence-corrected chi connectivity index (χ1v) is 4.38. The van der Waals surface area contributed by atoms with Gasteiger partial charge in [0.25, 0.3) is 0 Å². The predicted molar refractivity (Wildman–Crippen MR) is 49.5 cm³/mol. The normalized spacial score (nSPS) is 10.2. The zero-order valence-electron chi connectivity index (χ0n) is 8.37. The van der Waals surface area contributed by atoms with E-state index in [0.29, 0.717) is 12.6 Å². The Bertz CT molecular complexity index is 194. The monoisotopic (exact) mass is 204 g/mol. The van der Waals surface area contributed by atoms with Gasteiger partial charge in [-0.1, -0.05) is 13.8 Å². The molecule has 0 aromatic rings. The summed E-state index contributed by atoms with van der Waals surface area (Å²) in [6.45, 7) is 3.96. The molecule has 6 nitrogen and oxygen atoms in total. The number of hydroxylamine groups is 1. The smallest absolute Gasteiger partial charge is 0.332 e. The number of carboxylic acid groups (broad SMARTS) is 1. The molecule has 0 aromatic heterocycles. The van der Waals surface area contributed by atoms with Crippen LogP contribution in [0, 0.1) is 0 Å². The number of carboxylic acids is 1. The van der Waals surface area contributed by atoms with Gasteiger partial charge < -0.3 is 10.4 Å². The van der Waals surface area contributed by atoms with Gasteiger partial charge in [-0.15, -0.1) is 0 Å². The van der Waals surface area contributed by atoms with Crippen LogP contribution in [0.4, 0.5) is 0 Å². The molecule has 6 heteroatoms. The number of carbonyl (C=O) groups is 2. The molecule has 0 aliphatic rings. The molecular weight excluding hydrogens is 188 g/mol. The second kappa shape index (κ2) is 7.28. The topological polar surface area (TPSA) is 87.7 Å². The van der Waals surface area contributed by atoms with Crippen molar-refractivity contribution in [3.63, 3.8) is 0 Å². The average molecular weight is 204 g/mol. The SMILES string of the molecule is CC(C)NCCC(=O)NOCC(=O)O. The molecule has 1 amide bonds. The molecule has 0 fully saturated rings. The van der Waals surface area contributed by atoms with Crippen LogP contribution in [0.15, 0.2) is 0 Å². The van der Waals surface area contributed by atoms with Gasteiger partial charge in [-0.05, 0) is 0 Å². The Balaban J connectivity index is 3.33. The molecule has 0 aromatic carbocycles. The van der Waals surface area contributed by atoms with Gasteiger partial charge in [0.1, 0.15) is 0 Å². The summed E-state index contributed by atoms with van der Waals surface area (Å²) >= 11 is 0. The Morgan fingerprint density at radius 3 is 2.57 bits per heavy atom. The number of hydrogen-bond acceptors (Lipinski definition) is 4. The zero-order chi connectivity index (χ0) is 11.0. The van der Waals surface area contributed by atoms with Crippen LogP contribution in [0.5, 0.6) is 0 Å². The van der Waals surface area contributed by atoms with E-state index < -0.39 is 12.6 Å². The van der Waals surface area contributed by atoms with Gasteiger partial charge >= 0.3 is 5.97 Å². The van der Waals surface area contributed by atoms with E-state index in [1.54, 1.807) is 0 Å². The Labute approximate surface area is 82.6 Å². The molecule has 0 unspecified atom stereocenters. The minimum Gasteiger partial charge on any atom is -0.479 e. The van der Waals surface area contributed by atoms with Crippen LogP contribution in [-0.2, 0) is 14.4 Å². The van der Waals surface area contributed by atoms with Gasteiger partial charge in [-0.3, -0.25) is 9.63 Å². The number of rotatable bonds is 7. The summed E-state index contributed by atoms with van der Waals surface area (Å²) in [6.07, 6.45) is 0.262. The number of hydrogen-bond donors (Lipinski definition) is 3. The lowest BCUT2D eigenvalue weighted by molar-refractivity contribution is -0.149. The highest BCUT2D eigenvalue weighted by Crippen LogP contribution is 1.81. The van der Waals surface area contributed by atoms with Gasteiger partial charge in [-0.25, -0.2) is 10.3 Å². The number of nitrogens with one attached hydrogen (secondary N) is 2. The molecule has 0 radical (unpaired) electrons. The zero-order valence-corrected chi connectivity index (χ0v) is 8.37. The molecule has 0 bridgehead atoms. The van der Waals surface area contributed by atoms with Crippen LogP contribution in [0.1, 0.15) is 20.3 Å². The highest BCUT2D eigenvalue weighted by atomic mass is 16.7. The first kappa shape index (κ1) is 12.9. The lowest BCUT2D eigenvalue weighted by Crippen LogP contribution is -2.31. The molecule has 0 saturated carbocycles. The quantitative estimate of drug-likeness (QED) is 0.487. The predicted octanol–water partition coefficient (Wildman–Crippen LogP) is -0.493. The van der Waals surface area contributed by atoms with Crippen molar-refractivity contribution >= 4 is 11.9 Å². The third-order valence-corrected chi connectivity index (χ3v) is 1.29. The highest BCUT2D eigenvalue weighted by molar-refractivity contribution is 5.75. The Morgan fingerprint density at radius 2 is 2.07 bits per heavy atom. The van der Waals surface area contributed by atoms with Gasteiger partial charge in [-0.2, -0.15) is 0 Å². The minimum absolute atomic E-state index is 0.262. The first-order chi connectivity index (χ1) is 6.52. The molecular formula is C8H16N2O4. The van der Waals surface area contributed by atoms with E-state index in [-0.39, 0.29) is 12.3 Å². The Morgan fingerprint density at radius 1 is 1.43 bits per heavy atom. The lowest BCUT2D eigenvalue weighted by Gasteiger charge is -2.07. The average Bonchev–Trinajstić information content (AvgIpc) is 2.02. The Kier molecular flexibility index (Phi) is 6.69.